The average molecular weight is 308 g/mol. The van der Waals surface area contributed by atoms with Crippen molar-refractivity contribution in [1.82, 2.24) is 18.5 Å². The van der Waals surface area contributed by atoms with Crippen molar-refractivity contribution in [2.45, 2.75) is 26.3 Å². The van der Waals surface area contributed by atoms with Gasteiger partial charge in [0.1, 0.15) is 5.69 Å². The number of likely N-dealkylation sites (N-methyl/N-ethyl adjacent to an activating group) is 1. The lowest BCUT2D eigenvalue weighted by Gasteiger charge is -2.41. The number of aromatic nitrogens is 2. The smallest absolute Gasteiger partial charge is 0.253 e. The lowest BCUT2D eigenvalue weighted by atomic mass is 9.99. The summed E-state index contributed by atoms with van der Waals surface area (Å²) in [5.74, 6) is 1.36. The molecule has 0 aromatic carbocycles. The van der Waals surface area contributed by atoms with Gasteiger partial charge in [-0.2, -0.15) is 4.37 Å². The molecule has 0 spiro atoms. The molecule has 1 fully saturated rings. The van der Waals surface area contributed by atoms with Gasteiger partial charge in [0, 0.05) is 38.1 Å². The van der Waals surface area contributed by atoms with E-state index in [9.17, 15) is 0 Å². The minimum atomic E-state index is 0.630. The first-order valence-electron chi connectivity index (χ1n) is 7.71. The highest BCUT2D eigenvalue weighted by Gasteiger charge is 2.29. The number of rotatable bonds is 5. The van der Waals surface area contributed by atoms with Crippen LogP contribution in [0.25, 0.3) is 5.57 Å². The van der Waals surface area contributed by atoms with Crippen molar-refractivity contribution in [3.8, 4) is 5.88 Å². The zero-order chi connectivity index (χ0) is 14.8. The van der Waals surface area contributed by atoms with Crippen LogP contribution in [-0.4, -0.2) is 64.4 Å². The SMILES string of the molecule is CC(C)N1CC(COc2nsnc2C2=CCCN(C)C2)C1. The van der Waals surface area contributed by atoms with Crippen LogP contribution in [0, 0.1) is 5.92 Å². The molecule has 3 heterocycles. The molecule has 6 heteroatoms. The molecule has 0 amide bonds. The van der Waals surface area contributed by atoms with Crippen LogP contribution in [-0.2, 0) is 0 Å². The van der Waals surface area contributed by atoms with Gasteiger partial charge in [0.15, 0.2) is 0 Å². The molecule has 2 aliphatic rings. The molecule has 116 valence electrons. The molecular weight excluding hydrogens is 284 g/mol. The molecule has 0 atom stereocenters. The Balaban J connectivity index is 1.55. The van der Waals surface area contributed by atoms with Crippen molar-refractivity contribution in [2.24, 2.45) is 5.92 Å². The fraction of sp³-hybridized carbons (Fsp3) is 0.733. The first kappa shape index (κ1) is 14.9. The molecule has 0 radical (unpaired) electrons. The third-order valence-corrected chi connectivity index (χ3v) is 4.79. The van der Waals surface area contributed by atoms with E-state index in [-0.39, 0.29) is 0 Å². The summed E-state index contributed by atoms with van der Waals surface area (Å²) in [6.07, 6.45) is 3.35. The lowest BCUT2D eigenvalue weighted by Crippen LogP contribution is -2.52. The molecule has 1 saturated heterocycles. The second-order valence-corrected chi connectivity index (χ2v) is 6.93. The molecule has 21 heavy (non-hydrogen) atoms. The molecule has 0 saturated carbocycles. The molecular formula is C15H24N4OS. The van der Waals surface area contributed by atoms with Crippen molar-refractivity contribution < 1.29 is 4.74 Å². The predicted molar refractivity (Wildman–Crippen MR) is 85.7 cm³/mol. The van der Waals surface area contributed by atoms with E-state index >= 15 is 0 Å². The van der Waals surface area contributed by atoms with Gasteiger partial charge >= 0.3 is 0 Å². The summed E-state index contributed by atoms with van der Waals surface area (Å²) in [7, 11) is 2.14. The van der Waals surface area contributed by atoms with Crippen LogP contribution in [0.3, 0.4) is 0 Å². The summed E-state index contributed by atoms with van der Waals surface area (Å²) >= 11 is 1.25. The maximum absolute atomic E-state index is 5.95. The van der Waals surface area contributed by atoms with Gasteiger partial charge in [-0.1, -0.05) is 6.08 Å². The van der Waals surface area contributed by atoms with Gasteiger partial charge in [-0.25, -0.2) is 0 Å². The Morgan fingerprint density at radius 1 is 1.38 bits per heavy atom. The average Bonchev–Trinajstić information content (AvgIpc) is 2.85. The highest BCUT2D eigenvalue weighted by atomic mass is 32.1. The number of ether oxygens (including phenoxy) is 1. The maximum atomic E-state index is 5.95. The molecule has 0 unspecified atom stereocenters. The van der Waals surface area contributed by atoms with Gasteiger partial charge in [0.2, 0.25) is 0 Å². The van der Waals surface area contributed by atoms with E-state index in [1.807, 2.05) is 0 Å². The quantitative estimate of drug-likeness (QED) is 0.832. The first-order valence-corrected chi connectivity index (χ1v) is 8.44. The van der Waals surface area contributed by atoms with Crippen LogP contribution in [0.1, 0.15) is 26.0 Å². The molecule has 3 rings (SSSR count). The van der Waals surface area contributed by atoms with E-state index < -0.39 is 0 Å². The number of hydrogen-bond donors (Lipinski definition) is 0. The highest BCUT2D eigenvalue weighted by molar-refractivity contribution is 6.99. The Bertz CT molecular complexity index is 508. The topological polar surface area (TPSA) is 41.5 Å². The summed E-state index contributed by atoms with van der Waals surface area (Å²) in [4.78, 5) is 4.78. The lowest BCUT2D eigenvalue weighted by molar-refractivity contribution is 0.0365. The Kier molecular flexibility index (Phi) is 4.57. The summed E-state index contributed by atoms with van der Waals surface area (Å²) in [6.45, 7) is 9.56. The van der Waals surface area contributed by atoms with Crippen LogP contribution >= 0.6 is 11.7 Å². The molecule has 5 nitrogen and oxygen atoms in total. The Hall–Kier alpha value is -0.980. The highest BCUT2D eigenvalue weighted by Crippen LogP contribution is 2.28. The molecule has 0 N–H and O–H groups in total. The minimum Gasteiger partial charge on any atom is -0.475 e. The molecule has 1 aromatic heterocycles. The summed E-state index contributed by atoms with van der Waals surface area (Å²) in [6, 6.07) is 0.640. The van der Waals surface area contributed by atoms with E-state index in [1.165, 1.54) is 17.3 Å². The first-order chi connectivity index (χ1) is 10.1. The van der Waals surface area contributed by atoms with Crippen molar-refractivity contribution in [1.29, 1.82) is 0 Å². The van der Waals surface area contributed by atoms with Gasteiger partial charge in [0.05, 0.1) is 18.3 Å². The van der Waals surface area contributed by atoms with Crippen LogP contribution in [0.2, 0.25) is 0 Å². The minimum absolute atomic E-state index is 0.630. The van der Waals surface area contributed by atoms with Crippen LogP contribution < -0.4 is 4.74 Å². The number of nitrogens with zero attached hydrogens (tertiary/aromatic N) is 4. The van der Waals surface area contributed by atoms with Crippen molar-refractivity contribution in [2.75, 3.05) is 39.8 Å². The second-order valence-electron chi connectivity index (χ2n) is 6.40. The maximum Gasteiger partial charge on any atom is 0.253 e. The Morgan fingerprint density at radius 2 is 2.19 bits per heavy atom. The van der Waals surface area contributed by atoms with Crippen molar-refractivity contribution >= 4 is 17.3 Å². The monoisotopic (exact) mass is 308 g/mol. The molecule has 1 aromatic rings. The fourth-order valence-corrected chi connectivity index (χ4v) is 3.40. The normalized spacial score (nSPS) is 21.4. The van der Waals surface area contributed by atoms with Crippen LogP contribution in [0.4, 0.5) is 0 Å². The van der Waals surface area contributed by atoms with E-state index in [1.54, 1.807) is 0 Å². The van der Waals surface area contributed by atoms with Gasteiger partial charge in [-0.3, -0.25) is 0 Å². The van der Waals surface area contributed by atoms with Gasteiger partial charge in [-0.15, -0.1) is 4.37 Å². The molecule has 0 bridgehead atoms. The van der Waals surface area contributed by atoms with Gasteiger partial charge in [-0.05, 0) is 32.9 Å². The summed E-state index contributed by atoms with van der Waals surface area (Å²) in [5, 5.41) is 0. The van der Waals surface area contributed by atoms with E-state index in [4.69, 9.17) is 4.74 Å². The zero-order valence-electron chi connectivity index (χ0n) is 13.1. The van der Waals surface area contributed by atoms with Crippen LogP contribution in [0.15, 0.2) is 6.08 Å². The number of hydrogen-bond acceptors (Lipinski definition) is 6. The third kappa shape index (κ3) is 3.44. The Labute approximate surface area is 130 Å². The summed E-state index contributed by atoms with van der Waals surface area (Å²) < 4.78 is 14.7. The largest absolute Gasteiger partial charge is 0.475 e. The van der Waals surface area contributed by atoms with E-state index in [0.717, 1.165) is 50.8 Å². The van der Waals surface area contributed by atoms with E-state index in [2.05, 4.69) is 45.5 Å². The standard InChI is InChI=1S/C15H24N4OS/c1-11(2)19-7-12(8-19)10-20-15-14(16-21-17-15)13-5-4-6-18(3)9-13/h5,11-12H,4,6-10H2,1-3H3. The van der Waals surface area contributed by atoms with Gasteiger partial charge in [0.25, 0.3) is 5.88 Å². The number of likely N-dealkylation sites (tertiary alicyclic amines) is 1. The predicted octanol–water partition coefficient (Wildman–Crippen LogP) is 1.98. The zero-order valence-corrected chi connectivity index (χ0v) is 13.9. The fourth-order valence-electron chi connectivity index (χ4n) is 2.87. The van der Waals surface area contributed by atoms with Crippen molar-refractivity contribution in [3.63, 3.8) is 0 Å². The molecule has 0 aliphatic carbocycles. The Morgan fingerprint density at radius 3 is 2.90 bits per heavy atom. The third-order valence-electron chi connectivity index (χ3n) is 4.28. The van der Waals surface area contributed by atoms with E-state index in [0.29, 0.717) is 12.0 Å². The van der Waals surface area contributed by atoms with Gasteiger partial charge < -0.3 is 14.5 Å². The van der Waals surface area contributed by atoms with Crippen LogP contribution in [0.5, 0.6) is 5.88 Å². The molecule has 2 aliphatic heterocycles. The second kappa shape index (κ2) is 6.42. The van der Waals surface area contributed by atoms with Crippen molar-refractivity contribution in [3.05, 3.63) is 11.8 Å². The summed E-state index contributed by atoms with van der Waals surface area (Å²) in [5.41, 5.74) is 2.21.